The van der Waals surface area contributed by atoms with E-state index in [1.807, 2.05) is 22.2 Å². The number of carbonyl (C=O) groups is 1. The summed E-state index contributed by atoms with van der Waals surface area (Å²) in [6, 6.07) is 0.301. The van der Waals surface area contributed by atoms with E-state index >= 15 is 0 Å². The molecule has 2 aromatic rings. The molecule has 0 bridgehead atoms. The summed E-state index contributed by atoms with van der Waals surface area (Å²) < 4.78 is 2.02. The fourth-order valence-electron chi connectivity index (χ4n) is 2.71. The molecule has 0 spiro atoms. The summed E-state index contributed by atoms with van der Waals surface area (Å²) in [4.78, 5) is 16.5. The van der Waals surface area contributed by atoms with Crippen LogP contribution in [-0.2, 0) is 11.3 Å². The summed E-state index contributed by atoms with van der Waals surface area (Å²) >= 11 is 1.62. The summed E-state index contributed by atoms with van der Waals surface area (Å²) in [5.41, 5.74) is 1.02. The topological polar surface area (TPSA) is 66.6 Å². The highest BCUT2D eigenvalue weighted by Crippen LogP contribution is 2.24. The van der Waals surface area contributed by atoms with Gasteiger partial charge in [0.2, 0.25) is 0 Å². The normalized spacial score (nSPS) is 23.8. The van der Waals surface area contributed by atoms with E-state index < -0.39 is 5.97 Å². The predicted octanol–water partition coefficient (Wildman–Crippen LogP) is 2.13. The third-order valence-electron chi connectivity index (χ3n) is 3.74. The maximum absolute atomic E-state index is 11.0. The molecular weight excluding hydrogens is 262 g/mol. The van der Waals surface area contributed by atoms with Crippen LogP contribution < -0.4 is 5.32 Å². The van der Waals surface area contributed by atoms with E-state index in [0.717, 1.165) is 36.3 Å². The zero-order chi connectivity index (χ0) is 13.2. The van der Waals surface area contributed by atoms with Gasteiger partial charge in [-0.15, -0.1) is 11.3 Å². The monoisotopic (exact) mass is 279 g/mol. The lowest BCUT2D eigenvalue weighted by atomic mass is 9.86. The van der Waals surface area contributed by atoms with Gasteiger partial charge in [0.05, 0.1) is 11.6 Å². The van der Waals surface area contributed by atoms with Crippen LogP contribution in [0.4, 0.5) is 0 Å². The molecule has 6 heteroatoms. The van der Waals surface area contributed by atoms with Crippen molar-refractivity contribution < 1.29 is 9.90 Å². The summed E-state index contributed by atoms with van der Waals surface area (Å²) in [6.07, 6.45) is 7.62. The Bertz CT molecular complexity index is 549. The van der Waals surface area contributed by atoms with Crippen LogP contribution in [-0.4, -0.2) is 26.5 Å². The smallest absolute Gasteiger partial charge is 0.306 e. The maximum atomic E-state index is 11.0. The number of fused-ring (bicyclic) bond motifs is 1. The molecule has 1 fully saturated rings. The first-order chi connectivity index (χ1) is 9.22. The first-order valence-corrected chi connectivity index (χ1v) is 7.47. The zero-order valence-corrected chi connectivity index (χ0v) is 11.4. The van der Waals surface area contributed by atoms with Crippen molar-refractivity contribution in [3.8, 4) is 0 Å². The minimum Gasteiger partial charge on any atom is -0.481 e. The van der Waals surface area contributed by atoms with Crippen LogP contribution in [0.1, 0.15) is 31.4 Å². The highest BCUT2D eigenvalue weighted by molar-refractivity contribution is 7.15. The third kappa shape index (κ3) is 2.79. The molecule has 2 aromatic heterocycles. The minimum absolute atomic E-state index is 0.184. The second-order valence-corrected chi connectivity index (χ2v) is 5.98. The predicted molar refractivity (Wildman–Crippen MR) is 73.3 cm³/mol. The molecule has 1 saturated carbocycles. The number of carboxylic acid groups (broad SMARTS) is 1. The second kappa shape index (κ2) is 5.30. The molecule has 2 unspecified atom stereocenters. The number of hydrogen-bond donors (Lipinski definition) is 2. The van der Waals surface area contributed by atoms with Crippen LogP contribution in [0.2, 0.25) is 0 Å². The number of carboxylic acids is 1. The van der Waals surface area contributed by atoms with Gasteiger partial charge < -0.3 is 10.4 Å². The van der Waals surface area contributed by atoms with Crippen molar-refractivity contribution in [2.24, 2.45) is 5.92 Å². The van der Waals surface area contributed by atoms with Crippen LogP contribution in [0.5, 0.6) is 0 Å². The van der Waals surface area contributed by atoms with E-state index in [4.69, 9.17) is 5.11 Å². The van der Waals surface area contributed by atoms with Gasteiger partial charge in [-0.05, 0) is 19.3 Å². The number of aliphatic carboxylic acids is 1. The van der Waals surface area contributed by atoms with Crippen LogP contribution in [0, 0.1) is 5.92 Å². The standard InChI is InChI=1S/C13H17N3O2S/c17-12(18)9-2-1-3-10(6-9)14-7-11-8-16-4-5-19-13(16)15-11/h4-5,8-10,14H,1-3,6-7H2,(H,17,18). The molecule has 3 rings (SSSR count). The van der Waals surface area contributed by atoms with Crippen molar-refractivity contribution in [1.29, 1.82) is 0 Å². The van der Waals surface area contributed by atoms with Gasteiger partial charge in [0.15, 0.2) is 4.96 Å². The van der Waals surface area contributed by atoms with Crippen molar-refractivity contribution in [2.75, 3.05) is 0 Å². The number of rotatable bonds is 4. The van der Waals surface area contributed by atoms with E-state index in [1.165, 1.54) is 0 Å². The molecule has 1 aliphatic carbocycles. The van der Waals surface area contributed by atoms with Gasteiger partial charge in [-0.2, -0.15) is 0 Å². The largest absolute Gasteiger partial charge is 0.481 e. The molecule has 102 valence electrons. The lowest BCUT2D eigenvalue weighted by molar-refractivity contribution is -0.143. The maximum Gasteiger partial charge on any atom is 0.306 e. The Balaban J connectivity index is 1.56. The molecule has 0 aromatic carbocycles. The fraction of sp³-hybridized carbons (Fsp3) is 0.538. The molecule has 2 heterocycles. The number of hydrogen-bond acceptors (Lipinski definition) is 4. The van der Waals surface area contributed by atoms with Gasteiger partial charge >= 0.3 is 5.97 Å². The molecule has 0 amide bonds. The number of imidazole rings is 1. The Labute approximate surface area is 115 Å². The van der Waals surface area contributed by atoms with Gasteiger partial charge in [0, 0.05) is 30.4 Å². The van der Waals surface area contributed by atoms with Crippen molar-refractivity contribution in [3.05, 3.63) is 23.5 Å². The van der Waals surface area contributed by atoms with Gasteiger partial charge in [0.25, 0.3) is 0 Å². The summed E-state index contributed by atoms with van der Waals surface area (Å²) in [7, 11) is 0. The molecular formula is C13H17N3O2S. The van der Waals surface area contributed by atoms with E-state index in [1.54, 1.807) is 11.3 Å². The van der Waals surface area contributed by atoms with E-state index in [0.29, 0.717) is 12.6 Å². The number of aromatic nitrogens is 2. The SMILES string of the molecule is O=C(O)C1CCCC(NCc2cn3ccsc3n2)C1. The average Bonchev–Trinajstić information content (AvgIpc) is 2.97. The average molecular weight is 279 g/mol. The summed E-state index contributed by atoms with van der Waals surface area (Å²) in [5.74, 6) is -0.842. The van der Waals surface area contributed by atoms with Crippen LogP contribution in [0.25, 0.3) is 4.96 Å². The van der Waals surface area contributed by atoms with Crippen LogP contribution >= 0.6 is 11.3 Å². The van der Waals surface area contributed by atoms with Crippen LogP contribution in [0.3, 0.4) is 0 Å². The molecule has 2 N–H and O–H groups in total. The molecule has 0 aliphatic heterocycles. The lowest BCUT2D eigenvalue weighted by Gasteiger charge is -2.27. The fourth-order valence-corrected chi connectivity index (χ4v) is 3.43. The molecule has 0 radical (unpaired) electrons. The summed E-state index contributed by atoms with van der Waals surface area (Å²) in [6.45, 7) is 0.714. The van der Waals surface area contributed by atoms with Gasteiger partial charge in [0.1, 0.15) is 0 Å². The minimum atomic E-state index is -0.658. The van der Waals surface area contributed by atoms with Crippen molar-refractivity contribution in [2.45, 2.75) is 38.3 Å². The Hall–Kier alpha value is -1.40. The van der Waals surface area contributed by atoms with Gasteiger partial charge in [-0.25, -0.2) is 4.98 Å². The Morgan fingerprint density at radius 2 is 2.47 bits per heavy atom. The third-order valence-corrected chi connectivity index (χ3v) is 4.51. The first kappa shape index (κ1) is 12.6. The molecule has 0 saturated heterocycles. The number of thiazole rings is 1. The number of nitrogens with zero attached hydrogens (tertiary/aromatic N) is 2. The highest BCUT2D eigenvalue weighted by atomic mass is 32.1. The van der Waals surface area contributed by atoms with Crippen molar-refractivity contribution in [1.82, 2.24) is 14.7 Å². The van der Waals surface area contributed by atoms with E-state index in [-0.39, 0.29) is 5.92 Å². The Morgan fingerprint density at radius 3 is 3.26 bits per heavy atom. The van der Waals surface area contributed by atoms with Crippen molar-refractivity contribution >= 4 is 22.3 Å². The highest BCUT2D eigenvalue weighted by Gasteiger charge is 2.26. The zero-order valence-electron chi connectivity index (χ0n) is 10.6. The Kier molecular flexibility index (Phi) is 3.52. The summed E-state index contributed by atoms with van der Waals surface area (Å²) in [5, 5.41) is 14.5. The second-order valence-electron chi connectivity index (χ2n) is 5.10. The van der Waals surface area contributed by atoms with Gasteiger partial charge in [-0.3, -0.25) is 9.20 Å². The van der Waals surface area contributed by atoms with Crippen molar-refractivity contribution in [3.63, 3.8) is 0 Å². The quantitative estimate of drug-likeness (QED) is 0.899. The Morgan fingerprint density at radius 1 is 1.58 bits per heavy atom. The molecule has 5 nitrogen and oxygen atoms in total. The van der Waals surface area contributed by atoms with E-state index in [9.17, 15) is 4.79 Å². The lowest BCUT2D eigenvalue weighted by Crippen LogP contribution is -2.36. The van der Waals surface area contributed by atoms with E-state index in [2.05, 4.69) is 10.3 Å². The number of nitrogens with one attached hydrogen (secondary N) is 1. The molecule has 1 aliphatic rings. The van der Waals surface area contributed by atoms with Crippen LogP contribution in [0.15, 0.2) is 17.8 Å². The molecule has 2 atom stereocenters. The first-order valence-electron chi connectivity index (χ1n) is 6.59. The van der Waals surface area contributed by atoms with Gasteiger partial charge in [-0.1, -0.05) is 6.42 Å². The molecule has 19 heavy (non-hydrogen) atoms.